The van der Waals surface area contributed by atoms with Gasteiger partial charge in [0.15, 0.2) is 0 Å². The van der Waals surface area contributed by atoms with Crippen LogP contribution in [0.1, 0.15) is 33.6 Å². The molecule has 108 valence electrons. The molecule has 19 heavy (non-hydrogen) atoms. The van der Waals surface area contributed by atoms with Gasteiger partial charge in [-0.3, -0.25) is 0 Å². The number of nitrogens with two attached hydrogens (primary N) is 1. The number of aromatic nitrogens is 1. The molecule has 3 N–H and O–H groups in total. The standard InChI is InChI=1S/C14H25ClN4/c1-4-19(5-2)8-6-7-11(3)18-14-13(16)9-12(15)10-17-14/h9-11H,4-8,16H2,1-3H3,(H,17,18). The number of hydrogen-bond acceptors (Lipinski definition) is 4. The molecule has 0 bridgehead atoms. The highest BCUT2D eigenvalue weighted by Gasteiger charge is 2.07. The lowest BCUT2D eigenvalue weighted by molar-refractivity contribution is 0.295. The Kier molecular flexibility index (Phi) is 6.95. The Bertz CT molecular complexity index is 380. The van der Waals surface area contributed by atoms with E-state index in [9.17, 15) is 0 Å². The molecule has 1 unspecified atom stereocenters. The first kappa shape index (κ1) is 16.1. The Morgan fingerprint density at radius 2 is 2.11 bits per heavy atom. The molecular formula is C14H25ClN4. The Morgan fingerprint density at radius 3 is 2.68 bits per heavy atom. The summed E-state index contributed by atoms with van der Waals surface area (Å²) in [6.07, 6.45) is 3.88. The van der Waals surface area contributed by atoms with E-state index in [4.69, 9.17) is 17.3 Å². The first-order valence-corrected chi connectivity index (χ1v) is 7.34. The lowest BCUT2D eigenvalue weighted by Crippen LogP contribution is -2.25. The number of nitrogens with one attached hydrogen (secondary N) is 1. The SMILES string of the molecule is CCN(CC)CCCC(C)Nc1ncc(Cl)cc1N. The summed E-state index contributed by atoms with van der Waals surface area (Å²) in [5.74, 6) is 0.722. The molecule has 0 saturated heterocycles. The number of hydrogen-bond donors (Lipinski definition) is 2. The third-order valence-corrected chi connectivity index (χ3v) is 3.48. The van der Waals surface area contributed by atoms with Crippen molar-refractivity contribution in [3.63, 3.8) is 0 Å². The van der Waals surface area contributed by atoms with Gasteiger partial charge in [0.05, 0.1) is 10.7 Å². The van der Waals surface area contributed by atoms with Crippen LogP contribution >= 0.6 is 11.6 Å². The molecule has 0 aliphatic heterocycles. The topological polar surface area (TPSA) is 54.2 Å². The fourth-order valence-electron chi connectivity index (χ4n) is 2.04. The highest BCUT2D eigenvalue weighted by Crippen LogP contribution is 2.20. The minimum atomic E-state index is 0.353. The van der Waals surface area contributed by atoms with Gasteiger partial charge in [0.1, 0.15) is 5.82 Å². The van der Waals surface area contributed by atoms with Crippen LogP contribution in [0.3, 0.4) is 0 Å². The average molecular weight is 285 g/mol. The average Bonchev–Trinajstić information content (AvgIpc) is 2.38. The van der Waals surface area contributed by atoms with Crippen LogP contribution in [0.2, 0.25) is 5.02 Å². The van der Waals surface area contributed by atoms with E-state index in [1.807, 2.05) is 0 Å². The molecule has 0 saturated carbocycles. The zero-order chi connectivity index (χ0) is 14.3. The number of halogens is 1. The zero-order valence-electron chi connectivity index (χ0n) is 12.1. The van der Waals surface area contributed by atoms with Gasteiger partial charge < -0.3 is 16.0 Å². The van der Waals surface area contributed by atoms with Gasteiger partial charge in [-0.2, -0.15) is 0 Å². The van der Waals surface area contributed by atoms with Crippen LogP contribution in [0.5, 0.6) is 0 Å². The zero-order valence-corrected chi connectivity index (χ0v) is 12.9. The van der Waals surface area contributed by atoms with Crippen molar-refractivity contribution in [1.29, 1.82) is 0 Å². The Hall–Kier alpha value is -1.00. The van der Waals surface area contributed by atoms with Gasteiger partial charge in [0.25, 0.3) is 0 Å². The normalized spacial score (nSPS) is 12.7. The van der Waals surface area contributed by atoms with Crippen molar-refractivity contribution >= 4 is 23.1 Å². The van der Waals surface area contributed by atoms with Gasteiger partial charge in [-0.05, 0) is 45.5 Å². The Morgan fingerprint density at radius 1 is 1.42 bits per heavy atom. The highest BCUT2D eigenvalue weighted by molar-refractivity contribution is 6.30. The van der Waals surface area contributed by atoms with Crippen LogP contribution < -0.4 is 11.1 Å². The van der Waals surface area contributed by atoms with Crippen molar-refractivity contribution in [2.75, 3.05) is 30.7 Å². The van der Waals surface area contributed by atoms with Crippen LogP contribution in [0.25, 0.3) is 0 Å². The molecule has 1 heterocycles. The minimum Gasteiger partial charge on any atom is -0.396 e. The molecule has 5 heteroatoms. The van der Waals surface area contributed by atoms with E-state index < -0.39 is 0 Å². The van der Waals surface area contributed by atoms with Crippen molar-refractivity contribution in [3.05, 3.63) is 17.3 Å². The molecule has 1 rings (SSSR count). The summed E-state index contributed by atoms with van der Waals surface area (Å²) in [6, 6.07) is 2.08. The lowest BCUT2D eigenvalue weighted by atomic mass is 10.1. The number of rotatable bonds is 8. The number of pyridine rings is 1. The molecule has 1 aromatic rings. The van der Waals surface area contributed by atoms with E-state index in [0.717, 1.165) is 31.9 Å². The van der Waals surface area contributed by atoms with Gasteiger partial charge in [-0.25, -0.2) is 4.98 Å². The summed E-state index contributed by atoms with van der Waals surface area (Å²) in [6.45, 7) is 9.92. The van der Waals surface area contributed by atoms with Crippen LogP contribution in [0, 0.1) is 0 Å². The fourth-order valence-corrected chi connectivity index (χ4v) is 2.21. The quantitative estimate of drug-likeness (QED) is 0.769. The van der Waals surface area contributed by atoms with E-state index in [0.29, 0.717) is 16.8 Å². The molecule has 0 aliphatic carbocycles. The van der Waals surface area contributed by atoms with Gasteiger partial charge in [0.2, 0.25) is 0 Å². The summed E-state index contributed by atoms with van der Waals surface area (Å²) in [5, 5.41) is 3.90. The number of nitrogen functional groups attached to an aromatic ring is 1. The molecule has 1 atom stereocenters. The summed E-state index contributed by atoms with van der Waals surface area (Å²) in [4.78, 5) is 6.65. The number of nitrogens with zero attached hydrogens (tertiary/aromatic N) is 2. The monoisotopic (exact) mass is 284 g/mol. The second-order valence-corrected chi connectivity index (χ2v) is 5.24. The molecule has 4 nitrogen and oxygen atoms in total. The molecule has 1 aromatic heterocycles. The highest BCUT2D eigenvalue weighted by atomic mass is 35.5. The fraction of sp³-hybridized carbons (Fsp3) is 0.643. The van der Waals surface area contributed by atoms with Crippen LogP contribution in [-0.4, -0.2) is 35.6 Å². The van der Waals surface area contributed by atoms with Crippen molar-refractivity contribution < 1.29 is 0 Å². The molecule has 0 amide bonds. The summed E-state index contributed by atoms with van der Waals surface area (Å²) in [7, 11) is 0. The van der Waals surface area contributed by atoms with Crippen molar-refractivity contribution in [2.24, 2.45) is 0 Å². The molecule has 0 aromatic carbocycles. The molecule has 0 radical (unpaired) electrons. The van der Waals surface area contributed by atoms with Crippen molar-refractivity contribution in [3.8, 4) is 0 Å². The van der Waals surface area contributed by atoms with Gasteiger partial charge in [-0.15, -0.1) is 0 Å². The van der Waals surface area contributed by atoms with E-state index in [1.165, 1.54) is 6.42 Å². The first-order chi connectivity index (χ1) is 9.06. The summed E-state index contributed by atoms with van der Waals surface area (Å²) in [5.41, 5.74) is 6.47. The lowest BCUT2D eigenvalue weighted by Gasteiger charge is -2.20. The van der Waals surface area contributed by atoms with Crippen LogP contribution in [0.4, 0.5) is 11.5 Å². The van der Waals surface area contributed by atoms with Gasteiger partial charge >= 0.3 is 0 Å². The molecule has 0 spiro atoms. The summed E-state index contributed by atoms with van der Waals surface area (Å²) < 4.78 is 0. The van der Waals surface area contributed by atoms with E-state index in [-0.39, 0.29) is 0 Å². The predicted octanol–water partition coefficient (Wildman–Crippen LogP) is 3.24. The van der Waals surface area contributed by atoms with Crippen LogP contribution in [0.15, 0.2) is 12.3 Å². The van der Waals surface area contributed by atoms with Gasteiger partial charge in [-0.1, -0.05) is 25.4 Å². The van der Waals surface area contributed by atoms with Crippen molar-refractivity contribution in [1.82, 2.24) is 9.88 Å². The van der Waals surface area contributed by atoms with Gasteiger partial charge in [0, 0.05) is 12.2 Å². The third-order valence-electron chi connectivity index (χ3n) is 3.27. The second-order valence-electron chi connectivity index (χ2n) is 4.81. The maximum atomic E-state index is 5.87. The smallest absolute Gasteiger partial charge is 0.149 e. The van der Waals surface area contributed by atoms with E-state index in [1.54, 1.807) is 12.3 Å². The first-order valence-electron chi connectivity index (χ1n) is 6.96. The maximum Gasteiger partial charge on any atom is 0.149 e. The minimum absolute atomic E-state index is 0.353. The van der Waals surface area contributed by atoms with E-state index >= 15 is 0 Å². The largest absolute Gasteiger partial charge is 0.396 e. The predicted molar refractivity (Wildman–Crippen MR) is 83.8 cm³/mol. The molecule has 0 fully saturated rings. The Balaban J connectivity index is 2.36. The van der Waals surface area contributed by atoms with Crippen molar-refractivity contribution in [2.45, 2.75) is 39.7 Å². The van der Waals surface area contributed by atoms with Crippen LogP contribution in [-0.2, 0) is 0 Å². The molecule has 0 aliphatic rings. The number of anilines is 2. The summed E-state index contributed by atoms with van der Waals surface area (Å²) >= 11 is 5.83. The Labute approximate surface area is 121 Å². The molecular weight excluding hydrogens is 260 g/mol. The maximum absolute atomic E-state index is 5.87. The third kappa shape index (κ3) is 5.66. The van der Waals surface area contributed by atoms with E-state index in [2.05, 4.69) is 36.0 Å². The second kappa shape index (κ2) is 8.23.